The Bertz CT molecular complexity index is 131. The molecule has 0 atom stereocenters. The van der Waals surface area contributed by atoms with Gasteiger partial charge in [-0.15, -0.1) is 0 Å². The van der Waals surface area contributed by atoms with Crippen LogP contribution in [-0.2, 0) is 0 Å². The molecule has 0 aromatic carbocycles. The average Bonchev–Trinajstić information content (AvgIpc) is 1.62. The van der Waals surface area contributed by atoms with Crippen molar-refractivity contribution >= 4 is 63.7 Å². The Hall–Kier alpha value is 1.52. The van der Waals surface area contributed by atoms with Gasteiger partial charge in [-0.05, 0) is 63.7 Å². The third kappa shape index (κ3) is 4.06. The monoisotopic (exact) mass is 390 g/mol. The second kappa shape index (κ2) is 3.78. The van der Waals surface area contributed by atoms with Gasteiger partial charge < -0.3 is 0 Å². The smallest absolute Gasteiger partial charge is 0.187 e. The van der Waals surface area contributed by atoms with E-state index >= 15 is 0 Å². The van der Waals surface area contributed by atoms with Crippen LogP contribution in [0.4, 0.5) is 8.78 Å². The number of hydrogen-bond donors (Lipinski definition) is 0. The van der Waals surface area contributed by atoms with Crippen LogP contribution in [-0.4, -0.2) is 4.83 Å². The number of alkyl halides is 3. The van der Waals surface area contributed by atoms with Crippen molar-refractivity contribution in [3.63, 3.8) is 0 Å². The first-order chi connectivity index (χ1) is 3.85. The number of rotatable bonds is 1. The summed E-state index contributed by atoms with van der Waals surface area (Å²) in [5.74, 6) is 0. The van der Waals surface area contributed by atoms with E-state index in [0.29, 0.717) is 0 Å². The van der Waals surface area contributed by atoms with Crippen LogP contribution in [0.2, 0.25) is 0 Å². The zero-order chi connectivity index (χ0) is 7.65. The Morgan fingerprint density at radius 1 is 1.11 bits per heavy atom. The van der Waals surface area contributed by atoms with Gasteiger partial charge >= 0.3 is 4.83 Å². The zero-order valence-electron chi connectivity index (χ0n) is 3.77. The van der Waals surface area contributed by atoms with E-state index in [-0.39, 0.29) is 7.87 Å². The van der Waals surface area contributed by atoms with Crippen LogP contribution < -0.4 is 0 Å². The van der Waals surface area contributed by atoms with Gasteiger partial charge in [-0.1, -0.05) is 0 Å². The Balaban J connectivity index is 4.40. The summed E-state index contributed by atoms with van der Waals surface area (Å²) in [6.07, 6.45) is 0. The van der Waals surface area contributed by atoms with E-state index in [2.05, 4.69) is 63.7 Å². The summed E-state index contributed by atoms with van der Waals surface area (Å²) in [5.41, 5.74) is 0. The van der Waals surface area contributed by atoms with E-state index < -0.39 is 4.83 Å². The van der Waals surface area contributed by atoms with Crippen molar-refractivity contribution in [2.75, 3.05) is 0 Å². The summed E-state index contributed by atoms with van der Waals surface area (Å²) in [6, 6.07) is 0. The lowest BCUT2D eigenvalue weighted by Gasteiger charge is -2.05. The van der Waals surface area contributed by atoms with Crippen molar-refractivity contribution in [2.24, 2.45) is 0 Å². The molecule has 0 bridgehead atoms. The molecule has 6 heteroatoms. The molecule has 0 fully saturated rings. The molecule has 0 amide bonds. The first-order valence-corrected chi connectivity index (χ1v) is 4.81. The minimum Gasteiger partial charge on any atom is -0.187 e. The van der Waals surface area contributed by atoms with Gasteiger partial charge in [-0.25, -0.2) is 0 Å². The normalized spacial score (nSPS) is 11.3. The highest BCUT2D eigenvalue weighted by Crippen LogP contribution is 2.40. The van der Waals surface area contributed by atoms with Crippen LogP contribution in [0.15, 0.2) is 7.87 Å². The van der Waals surface area contributed by atoms with E-state index in [1.165, 1.54) is 0 Å². The molecule has 54 valence electrons. The van der Waals surface area contributed by atoms with Crippen molar-refractivity contribution < 1.29 is 8.78 Å². The fraction of sp³-hybridized carbons (Fsp3) is 0.333. The molecule has 0 saturated heterocycles. The second-order valence-corrected chi connectivity index (χ2v) is 5.51. The van der Waals surface area contributed by atoms with Crippen molar-refractivity contribution in [1.29, 1.82) is 0 Å². The summed E-state index contributed by atoms with van der Waals surface area (Å²) >= 11 is 10.4. The van der Waals surface area contributed by atoms with E-state index in [4.69, 9.17) is 0 Å². The van der Waals surface area contributed by atoms with Crippen LogP contribution >= 0.6 is 63.7 Å². The van der Waals surface area contributed by atoms with Gasteiger partial charge in [0.15, 0.2) is 0 Å². The second-order valence-electron chi connectivity index (χ2n) is 1.07. The number of allylic oxidation sites excluding steroid dienone is 1. The Morgan fingerprint density at radius 3 is 1.44 bits per heavy atom. The van der Waals surface area contributed by atoms with Gasteiger partial charge in [0.25, 0.3) is 0 Å². The average molecular weight is 394 g/mol. The molecule has 0 aliphatic carbocycles. The molecular formula is C3Br4F2. The van der Waals surface area contributed by atoms with Crippen molar-refractivity contribution in [2.45, 2.75) is 4.83 Å². The van der Waals surface area contributed by atoms with Crippen LogP contribution in [0, 0.1) is 0 Å². The van der Waals surface area contributed by atoms with E-state index in [0.717, 1.165) is 0 Å². The van der Waals surface area contributed by atoms with Crippen molar-refractivity contribution in [3.8, 4) is 0 Å². The topological polar surface area (TPSA) is 0 Å². The van der Waals surface area contributed by atoms with Gasteiger partial charge in [-0.3, -0.25) is 0 Å². The third-order valence-electron chi connectivity index (χ3n) is 0.415. The fourth-order valence-corrected chi connectivity index (χ4v) is 1.34. The molecule has 0 aliphatic rings. The quantitative estimate of drug-likeness (QED) is 0.582. The maximum Gasteiger partial charge on any atom is 0.334 e. The third-order valence-corrected chi connectivity index (χ3v) is 4.09. The summed E-state index contributed by atoms with van der Waals surface area (Å²) in [6.45, 7) is 0. The summed E-state index contributed by atoms with van der Waals surface area (Å²) in [7, 11) is 0. The maximum absolute atomic E-state index is 12.1. The minimum absolute atomic E-state index is 0.192. The van der Waals surface area contributed by atoms with Gasteiger partial charge in [0, 0.05) is 0 Å². The van der Waals surface area contributed by atoms with Crippen LogP contribution in [0.25, 0.3) is 0 Å². The summed E-state index contributed by atoms with van der Waals surface area (Å²) < 4.78 is 24.2. The largest absolute Gasteiger partial charge is 0.334 e. The molecule has 0 radical (unpaired) electrons. The molecule has 0 N–H and O–H groups in total. The molecule has 0 heterocycles. The van der Waals surface area contributed by atoms with Gasteiger partial charge in [0.2, 0.25) is 0 Å². The highest BCUT2D eigenvalue weighted by Gasteiger charge is 2.30. The lowest BCUT2D eigenvalue weighted by molar-refractivity contribution is 0.168. The molecule has 0 nitrogen and oxygen atoms in total. The van der Waals surface area contributed by atoms with E-state index in [1.54, 1.807) is 0 Å². The van der Waals surface area contributed by atoms with Crippen molar-refractivity contribution in [3.05, 3.63) is 7.87 Å². The minimum atomic E-state index is -3.00. The lowest BCUT2D eigenvalue weighted by atomic mass is 10.7. The lowest BCUT2D eigenvalue weighted by Crippen LogP contribution is -2.03. The molecule has 0 saturated carbocycles. The first kappa shape index (κ1) is 10.5. The SMILES string of the molecule is FC(F)(Br)C(Br)=C(Br)Br. The predicted octanol–water partition coefficient (Wildman–Crippen LogP) is 4.33. The van der Waals surface area contributed by atoms with E-state index in [1.807, 2.05) is 0 Å². The summed E-state index contributed by atoms with van der Waals surface area (Å²) in [5, 5.41) is 0. The van der Waals surface area contributed by atoms with Gasteiger partial charge in [0.05, 0.1) is 7.87 Å². The molecule has 0 unspecified atom stereocenters. The Kier molecular flexibility index (Phi) is 4.42. The predicted molar refractivity (Wildman–Crippen MR) is 47.7 cm³/mol. The standard InChI is InChI=1S/C3Br4F2/c4-1(2(5)6)3(7,8)9. The van der Waals surface area contributed by atoms with Crippen molar-refractivity contribution in [1.82, 2.24) is 0 Å². The van der Waals surface area contributed by atoms with Gasteiger partial charge in [-0.2, -0.15) is 8.78 Å². The molecule has 0 aromatic heterocycles. The molecule has 0 rings (SSSR count). The Labute approximate surface area is 84.6 Å². The summed E-state index contributed by atoms with van der Waals surface area (Å²) in [4.78, 5) is -3.00. The van der Waals surface area contributed by atoms with Gasteiger partial charge in [0.1, 0.15) is 0 Å². The van der Waals surface area contributed by atoms with E-state index in [9.17, 15) is 8.78 Å². The Morgan fingerprint density at radius 2 is 1.44 bits per heavy atom. The van der Waals surface area contributed by atoms with Crippen LogP contribution in [0.5, 0.6) is 0 Å². The molecule has 9 heavy (non-hydrogen) atoms. The first-order valence-electron chi connectivity index (χ1n) is 1.63. The number of halogens is 6. The van der Waals surface area contributed by atoms with Crippen LogP contribution in [0.3, 0.4) is 0 Å². The molecule has 0 aliphatic heterocycles. The zero-order valence-corrected chi connectivity index (χ0v) is 10.1. The fourth-order valence-electron chi connectivity index (χ4n) is 0.107. The highest BCUT2D eigenvalue weighted by atomic mass is 79.9. The van der Waals surface area contributed by atoms with Crippen LogP contribution in [0.1, 0.15) is 0 Å². The molecule has 0 aromatic rings. The maximum atomic E-state index is 12.1. The number of hydrogen-bond acceptors (Lipinski definition) is 0. The molecule has 0 spiro atoms. The highest BCUT2D eigenvalue weighted by molar-refractivity contribution is 9.29. The molecular weight excluding hydrogens is 394 g/mol.